The Bertz CT molecular complexity index is 655. The third-order valence-corrected chi connectivity index (χ3v) is 4.78. The van der Waals surface area contributed by atoms with Crippen molar-refractivity contribution in [1.82, 2.24) is 0 Å². The zero-order valence-electron chi connectivity index (χ0n) is 14.5. The molecule has 1 aromatic rings. The monoisotopic (exact) mass is 350 g/mol. The molecule has 0 saturated heterocycles. The molecule has 0 radical (unpaired) electrons. The molecule has 0 heterocycles. The van der Waals surface area contributed by atoms with Gasteiger partial charge in [-0.3, -0.25) is 20.2 Å². The third-order valence-electron chi connectivity index (χ3n) is 4.78. The summed E-state index contributed by atoms with van der Waals surface area (Å²) in [5, 5.41) is 21.9. The van der Waals surface area contributed by atoms with E-state index in [1.807, 2.05) is 0 Å². The first kappa shape index (κ1) is 18.8. The van der Waals surface area contributed by atoms with Crippen molar-refractivity contribution in [2.75, 3.05) is 0 Å². The molecule has 0 aliphatic heterocycles. The second kappa shape index (κ2) is 7.58. The molecule has 0 N–H and O–H groups in total. The number of non-ortho nitro benzene ring substituents is 2. The lowest BCUT2D eigenvalue weighted by molar-refractivity contribution is -0.394. The lowest BCUT2D eigenvalue weighted by Crippen LogP contribution is -2.35. The molecule has 25 heavy (non-hydrogen) atoms. The first-order valence-corrected chi connectivity index (χ1v) is 8.34. The molecule has 1 aliphatic rings. The molecule has 0 aromatic heterocycles. The van der Waals surface area contributed by atoms with Crippen molar-refractivity contribution in [2.45, 2.75) is 46.1 Å². The number of benzene rings is 1. The number of esters is 1. The predicted molar refractivity (Wildman–Crippen MR) is 90.3 cm³/mol. The quantitative estimate of drug-likeness (QED) is 0.448. The number of nitro groups is 2. The Morgan fingerprint density at radius 3 is 2.16 bits per heavy atom. The lowest BCUT2D eigenvalue weighted by Gasteiger charge is -2.36. The normalized spacial score (nSPS) is 23.3. The van der Waals surface area contributed by atoms with Gasteiger partial charge < -0.3 is 4.74 Å². The fourth-order valence-corrected chi connectivity index (χ4v) is 3.38. The highest BCUT2D eigenvalue weighted by atomic mass is 16.6. The van der Waals surface area contributed by atoms with Gasteiger partial charge in [-0.1, -0.05) is 27.2 Å². The maximum atomic E-state index is 12.5. The van der Waals surface area contributed by atoms with Gasteiger partial charge in [0.25, 0.3) is 11.4 Å². The Labute approximate surface area is 145 Å². The van der Waals surface area contributed by atoms with E-state index in [1.165, 1.54) is 0 Å². The maximum absolute atomic E-state index is 12.5. The van der Waals surface area contributed by atoms with Crippen LogP contribution in [0.2, 0.25) is 0 Å². The summed E-state index contributed by atoms with van der Waals surface area (Å²) in [6.07, 6.45) is 2.46. The first-order valence-electron chi connectivity index (χ1n) is 8.34. The van der Waals surface area contributed by atoms with E-state index in [9.17, 15) is 25.0 Å². The van der Waals surface area contributed by atoms with Crippen LogP contribution in [0.25, 0.3) is 0 Å². The van der Waals surface area contributed by atoms with Crippen molar-refractivity contribution < 1.29 is 19.4 Å². The van der Waals surface area contributed by atoms with Gasteiger partial charge in [-0.2, -0.15) is 0 Å². The van der Waals surface area contributed by atoms with Crippen LogP contribution in [0, 0.1) is 38.0 Å². The van der Waals surface area contributed by atoms with Crippen molar-refractivity contribution >= 4 is 17.3 Å². The summed E-state index contributed by atoms with van der Waals surface area (Å²) >= 11 is 0. The number of hydrogen-bond acceptors (Lipinski definition) is 6. The van der Waals surface area contributed by atoms with Crippen LogP contribution in [0.5, 0.6) is 0 Å². The van der Waals surface area contributed by atoms with Gasteiger partial charge >= 0.3 is 5.97 Å². The number of nitro benzene ring substituents is 2. The molecule has 2 rings (SSSR count). The summed E-state index contributed by atoms with van der Waals surface area (Å²) in [6.45, 7) is 6.23. The van der Waals surface area contributed by atoms with Crippen LogP contribution in [0.4, 0.5) is 11.4 Å². The molecule has 1 saturated carbocycles. The molecular formula is C17H22N2O6. The summed E-state index contributed by atoms with van der Waals surface area (Å²) in [5.74, 6) is 0.224. The minimum Gasteiger partial charge on any atom is -0.458 e. The Kier molecular flexibility index (Phi) is 5.71. The van der Waals surface area contributed by atoms with E-state index in [1.54, 1.807) is 0 Å². The first-order chi connectivity index (χ1) is 11.7. The second-order valence-corrected chi connectivity index (χ2v) is 7.02. The maximum Gasteiger partial charge on any atom is 0.338 e. The van der Waals surface area contributed by atoms with E-state index >= 15 is 0 Å². The highest BCUT2D eigenvalue weighted by molar-refractivity contribution is 5.91. The largest absolute Gasteiger partial charge is 0.458 e. The number of rotatable bonds is 5. The molecule has 0 amide bonds. The average Bonchev–Trinajstić information content (AvgIpc) is 2.54. The summed E-state index contributed by atoms with van der Waals surface area (Å²) in [5.41, 5.74) is -1.17. The van der Waals surface area contributed by atoms with E-state index in [2.05, 4.69) is 20.8 Å². The summed E-state index contributed by atoms with van der Waals surface area (Å²) in [7, 11) is 0. The fraction of sp³-hybridized carbons (Fsp3) is 0.588. The van der Waals surface area contributed by atoms with Crippen LogP contribution in [0.1, 0.15) is 50.4 Å². The van der Waals surface area contributed by atoms with Gasteiger partial charge in [-0.25, -0.2) is 4.79 Å². The molecule has 1 aromatic carbocycles. The molecule has 1 fully saturated rings. The van der Waals surface area contributed by atoms with Gasteiger partial charge in [-0.05, 0) is 30.6 Å². The second-order valence-electron chi connectivity index (χ2n) is 7.02. The van der Waals surface area contributed by atoms with Crippen LogP contribution in [-0.2, 0) is 4.74 Å². The summed E-state index contributed by atoms with van der Waals surface area (Å²) in [6, 6.07) is 2.87. The van der Waals surface area contributed by atoms with Gasteiger partial charge in [0.05, 0.1) is 21.5 Å². The molecule has 136 valence electrons. The van der Waals surface area contributed by atoms with E-state index in [0.29, 0.717) is 11.8 Å². The van der Waals surface area contributed by atoms with Gasteiger partial charge in [0.15, 0.2) is 0 Å². The molecule has 1 aliphatic carbocycles. The van der Waals surface area contributed by atoms with E-state index in [4.69, 9.17) is 4.74 Å². The molecule has 3 unspecified atom stereocenters. The summed E-state index contributed by atoms with van der Waals surface area (Å²) in [4.78, 5) is 32.9. The fourth-order valence-electron chi connectivity index (χ4n) is 3.38. The molecule has 8 heteroatoms. The Hall–Kier alpha value is -2.51. The van der Waals surface area contributed by atoms with E-state index in [-0.39, 0.29) is 17.6 Å². The number of ether oxygens (including phenoxy) is 1. The number of hydrogen-bond donors (Lipinski definition) is 0. The van der Waals surface area contributed by atoms with Crippen molar-refractivity contribution in [3.63, 3.8) is 0 Å². The lowest BCUT2D eigenvalue weighted by atomic mass is 9.75. The molecule has 3 atom stereocenters. The van der Waals surface area contributed by atoms with Crippen LogP contribution in [-0.4, -0.2) is 21.9 Å². The van der Waals surface area contributed by atoms with E-state index in [0.717, 1.165) is 37.5 Å². The van der Waals surface area contributed by atoms with Gasteiger partial charge in [0, 0.05) is 12.1 Å². The number of carbonyl (C=O) groups is 1. The Morgan fingerprint density at radius 1 is 1.12 bits per heavy atom. The van der Waals surface area contributed by atoms with Crippen molar-refractivity contribution in [3.05, 3.63) is 44.0 Å². The van der Waals surface area contributed by atoms with Crippen LogP contribution < -0.4 is 0 Å². The van der Waals surface area contributed by atoms with Crippen LogP contribution >= 0.6 is 0 Å². The Balaban J connectivity index is 2.27. The smallest absolute Gasteiger partial charge is 0.338 e. The topological polar surface area (TPSA) is 113 Å². The standard InChI is InChI=1S/C17H22N2O6/c1-10(2)15-5-4-11(3)6-16(15)25-17(20)12-7-13(18(21)22)9-14(8-12)19(23)24/h7-11,15-16H,4-6H2,1-3H3. The van der Waals surface area contributed by atoms with Gasteiger partial charge in [-0.15, -0.1) is 0 Å². The van der Waals surface area contributed by atoms with Crippen molar-refractivity contribution in [3.8, 4) is 0 Å². The predicted octanol–water partition coefficient (Wildman–Crippen LogP) is 4.12. The number of carbonyl (C=O) groups excluding carboxylic acids is 1. The zero-order chi connectivity index (χ0) is 18.7. The van der Waals surface area contributed by atoms with E-state index < -0.39 is 27.2 Å². The van der Waals surface area contributed by atoms with Crippen LogP contribution in [0.3, 0.4) is 0 Å². The third kappa shape index (κ3) is 4.52. The SMILES string of the molecule is CC1CCC(C(C)C)C(OC(=O)c2cc([N+](=O)[O-])cc([N+](=O)[O-])c2)C1. The van der Waals surface area contributed by atoms with Crippen LogP contribution in [0.15, 0.2) is 18.2 Å². The molecular weight excluding hydrogens is 328 g/mol. The van der Waals surface area contributed by atoms with Gasteiger partial charge in [0.1, 0.15) is 6.10 Å². The molecule has 0 bridgehead atoms. The van der Waals surface area contributed by atoms with Crippen molar-refractivity contribution in [1.29, 1.82) is 0 Å². The van der Waals surface area contributed by atoms with Crippen molar-refractivity contribution in [2.24, 2.45) is 17.8 Å². The zero-order valence-corrected chi connectivity index (χ0v) is 14.5. The average molecular weight is 350 g/mol. The Morgan fingerprint density at radius 2 is 1.68 bits per heavy atom. The number of nitrogens with zero attached hydrogens (tertiary/aromatic N) is 2. The highest BCUT2D eigenvalue weighted by Gasteiger charge is 2.34. The molecule has 0 spiro atoms. The minimum atomic E-state index is -0.761. The minimum absolute atomic E-state index is 0.165. The molecule has 8 nitrogen and oxygen atoms in total. The van der Waals surface area contributed by atoms with Gasteiger partial charge in [0.2, 0.25) is 0 Å². The highest BCUT2D eigenvalue weighted by Crippen LogP contribution is 2.36. The summed E-state index contributed by atoms with van der Waals surface area (Å²) < 4.78 is 5.61.